The van der Waals surface area contributed by atoms with Gasteiger partial charge in [-0.1, -0.05) is 36.4 Å². The Morgan fingerprint density at radius 2 is 1.79 bits per heavy atom. The minimum absolute atomic E-state index is 0.346. The Labute approximate surface area is 139 Å². The normalized spacial score (nSPS) is 10.5. The van der Waals surface area contributed by atoms with E-state index in [0.717, 1.165) is 5.56 Å². The van der Waals surface area contributed by atoms with Gasteiger partial charge in [0.05, 0.1) is 11.8 Å². The summed E-state index contributed by atoms with van der Waals surface area (Å²) in [5.74, 6) is 0.788. The van der Waals surface area contributed by atoms with E-state index in [1.807, 2.05) is 42.5 Å². The second-order valence-electron chi connectivity index (χ2n) is 4.90. The first-order valence-electron chi connectivity index (χ1n) is 7.38. The number of para-hydroxylation sites is 2. The van der Waals surface area contributed by atoms with Crippen LogP contribution in [0.15, 0.2) is 84.2 Å². The van der Waals surface area contributed by atoms with Crippen LogP contribution in [0.1, 0.15) is 15.9 Å². The smallest absolute Gasteiger partial charge is 0.275 e. The maximum Gasteiger partial charge on any atom is 0.275 e. The van der Waals surface area contributed by atoms with E-state index in [2.05, 4.69) is 15.5 Å². The van der Waals surface area contributed by atoms with Gasteiger partial charge < -0.3 is 4.74 Å². The molecule has 0 fully saturated rings. The van der Waals surface area contributed by atoms with Gasteiger partial charge in [-0.3, -0.25) is 9.78 Å². The fraction of sp³-hybridized carbons (Fsp3) is 0. The predicted molar refractivity (Wildman–Crippen MR) is 92.3 cm³/mol. The second-order valence-corrected chi connectivity index (χ2v) is 4.90. The lowest BCUT2D eigenvalue weighted by molar-refractivity contribution is 0.0953. The van der Waals surface area contributed by atoms with Crippen LogP contribution < -0.4 is 10.2 Å². The van der Waals surface area contributed by atoms with E-state index >= 15 is 0 Å². The number of benzene rings is 2. The number of amides is 1. The Balaban J connectivity index is 1.72. The Morgan fingerprint density at radius 1 is 1.00 bits per heavy atom. The number of ether oxygens (including phenoxy) is 1. The summed E-state index contributed by atoms with van der Waals surface area (Å²) in [4.78, 5) is 16.3. The third-order valence-corrected chi connectivity index (χ3v) is 3.17. The van der Waals surface area contributed by atoms with Crippen molar-refractivity contribution in [3.8, 4) is 11.5 Å². The molecule has 1 N–H and O–H groups in total. The maximum absolute atomic E-state index is 12.3. The third kappa shape index (κ3) is 4.04. The Kier molecular flexibility index (Phi) is 4.94. The molecule has 0 radical (unpaired) electrons. The standard InChI is InChI=1S/C19H15N3O2/c23-19(22-21-14-15-7-6-12-20-13-15)17-10-4-5-11-18(17)24-16-8-2-1-3-9-16/h1-14H,(H,22,23)/b21-14+. The van der Waals surface area contributed by atoms with Crippen LogP contribution in [0.25, 0.3) is 0 Å². The van der Waals surface area contributed by atoms with Crippen molar-refractivity contribution in [3.63, 3.8) is 0 Å². The molecule has 24 heavy (non-hydrogen) atoms. The Morgan fingerprint density at radius 3 is 2.58 bits per heavy atom. The van der Waals surface area contributed by atoms with E-state index in [0.29, 0.717) is 17.1 Å². The highest BCUT2D eigenvalue weighted by molar-refractivity contribution is 5.97. The number of nitrogens with one attached hydrogen (secondary N) is 1. The molecule has 2 aromatic carbocycles. The van der Waals surface area contributed by atoms with Crippen LogP contribution in [0.4, 0.5) is 0 Å². The highest BCUT2D eigenvalue weighted by Crippen LogP contribution is 2.24. The molecule has 5 heteroatoms. The van der Waals surface area contributed by atoms with E-state index in [4.69, 9.17) is 4.74 Å². The molecule has 0 saturated carbocycles. The van der Waals surface area contributed by atoms with Crippen molar-refractivity contribution in [2.24, 2.45) is 5.10 Å². The fourth-order valence-corrected chi connectivity index (χ4v) is 2.04. The number of carbonyl (C=O) groups is 1. The van der Waals surface area contributed by atoms with Crippen molar-refractivity contribution >= 4 is 12.1 Å². The van der Waals surface area contributed by atoms with Crippen LogP contribution in [0.5, 0.6) is 11.5 Å². The van der Waals surface area contributed by atoms with Gasteiger partial charge in [0.15, 0.2) is 0 Å². The van der Waals surface area contributed by atoms with Gasteiger partial charge in [-0.25, -0.2) is 5.43 Å². The van der Waals surface area contributed by atoms with Crippen LogP contribution in [0, 0.1) is 0 Å². The fourth-order valence-electron chi connectivity index (χ4n) is 2.04. The SMILES string of the molecule is O=C(N/N=C/c1cccnc1)c1ccccc1Oc1ccccc1. The van der Waals surface area contributed by atoms with Crippen molar-refractivity contribution in [2.75, 3.05) is 0 Å². The first kappa shape index (κ1) is 15.4. The summed E-state index contributed by atoms with van der Waals surface area (Å²) in [6.45, 7) is 0. The van der Waals surface area contributed by atoms with E-state index in [-0.39, 0.29) is 5.91 Å². The highest BCUT2D eigenvalue weighted by Gasteiger charge is 2.11. The minimum Gasteiger partial charge on any atom is -0.457 e. The molecule has 1 aromatic heterocycles. The topological polar surface area (TPSA) is 63.6 Å². The maximum atomic E-state index is 12.3. The molecule has 0 aliphatic rings. The quantitative estimate of drug-likeness (QED) is 0.577. The van der Waals surface area contributed by atoms with E-state index in [9.17, 15) is 4.79 Å². The number of hydrogen-bond acceptors (Lipinski definition) is 4. The number of nitrogens with zero attached hydrogens (tertiary/aromatic N) is 2. The zero-order valence-electron chi connectivity index (χ0n) is 12.8. The molecular formula is C19H15N3O2. The summed E-state index contributed by atoms with van der Waals surface area (Å²) in [6, 6.07) is 20.0. The molecule has 0 unspecified atom stereocenters. The van der Waals surface area contributed by atoms with Crippen molar-refractivity contribution in [3.05, 3.63) is 90.3 Å². The summed E-state index contributed by atoms with van der Waals surface area (Å²) in [5.41, 5.74) is 3.70. The molecule has 118 valence electrons. The molecule has 3 aromatic rings. The number of hydrazone groups is 1. The van der Waals surface area contributed by atoms with Gasteiger partial charge in [-0.15, -0.1) is 0 Å². The summed E-state index contributed by atoms with van der Waals surface area (Å²) in [6.07, 6.45) is 4.86. The molecule has 0 spiro atoms. The average Bonchev–Trinajstić information content (AvgIpc) is 2.64. The van der Waals surface area contributed by atoms with E-state index in [1.165, 1.54) is 6.21 Å². The summed E-state index contributed by atoms with van der Waals surface area (Å²) in [5, 5.41) is 3.95. The van der Waals surface area contributed by atoms with Crippen molar-refractivity contribution in [1.29, 1.82) is 0 Å². The number of hydrogen-bond donors (Lipinski definition) is 1. The molecule has 0 bridgehead atoms. The molecule has 1 heterocycles. The van der Waals surface area contributed by atoms with Crippen LogP contribution in [-0.4, -0.2) is 17.1 Å². The van der Waals surface area contributed by atoms with Crippen molar-refractivity contribution < 1.29 is 9.53 Å². The average molecular weight is 317 g/mol. The molecule has 0 aliphatic carbocycles. The van der Waals surface area contributed by atoms with Crippen LogP contribution >= 0.6 is 0 Å². The first-order chi connectivity index (χ1) is 11.8. The molecular weight excluding hydrogens is 302 g/mol. The molecule has 5 nitrogen and oxygen atoms in total. The van der Waals surface area contributed by atoms with Gasteiger partial charge in [0.1, 0.15) is 11.5 Å². The van der Waals surface area contributed by atoms with Crippen LogP contribution in [0.2, 0.25) is 0 Å². The zero-order valence-corrected chi connectivity index (χ0v) is 12.8. The second kappa shape index (κ2) is 7.69. The van der Waals surface area contributed by atoms with Gasteiger partial charge in [0, 0.05) is 18.0 Å². The van der Waals surface area contributed by atoms with Gasteiger partial charge >= 0.3 is 0 Å². The predicted octanol–water partition coefficient (Wildman–Crippen LogP) is 3.64. The summed E-state index contributed by atoms with van der Waals surface area (Å²) < 4.78 is 5.77. The summed E-state index contributed by atoms with van der Waals surface area (Å²) in [7, 11) is 0. The Hall–Kier alpha value is -3.47. The lowest BCUT2D eigenvalue weighted by Gasteiger charge is -2.09. The monoisotopic (exact) mass is 317 g/mol. The lowest BCUT2D eigenvalue weighted by Crippen LogP contribution is -2.18. The minimum atomic E-state index is -0.346. The van der Waals surface area contributed by atoms with Crippen molar-refractivity contribution in [2.45, 2.75) is 0 Å². The summed E-state index contributed by atoms with van der Waals surface area (Å²) >= 11 is 0. The van der Waals surface area contributed by atoms with Gasteiger partial charge in [-0.2, -0.15) is 5.10 Å². The van der Waals surface area contributed by atoms with Gasteiger partial charge in [0.2, 0.25) is 0 Å². The number of aromatic nitrogens is 1. The number of pyridine rings is 1. The largest absolute Gasteiger partial charge is 0.457 e. The molecule has 0 atom stereocenters. The molecule has 3 rings (SSSR count). The lowest BCUT2D eigenvalue weighted by atomic mass is 10.2. The third-order valence-electron chi connectivity index (χ3n) is 3.17. The zero-order chi connectivity index (χ0) is 16.6. The van der Waals surface area contributed by atoms with Crippen LogP contribution in [0.3, 0.4) is 0 Å². The first-order valence-corrected chi connectivity index (χ1v) is 7.38. The van der Waals surface area contributed by atoms with E-state index in [1.54, 1.807) is 36.7 Å². The van der Waals surface area contributed by atoms with Gasteiger partial charge in [-0.05, 0) is 30.3 Å². The molecule has 1 amide bonds. The number of rotatable bonds is 5. The van der Waals surface area contributed by atoms with Crippen molar-refractivity contribution in [1.82, 2.24) is 10.4 Å². The molecule has 0 aliphatic heterocycles. The number of carbonyl (C=O) groups excluding carboxylic acids is 1. The van der Waals surface area contributed by atoms with Crippen LogP contribution in [-0.2, 0) is 0 Å². The van der Waals surface area contributed by atoms with Gasteiger partial charge in [0.25, 0.3) is 5.91 Å². The Bertz CT molecular complexity index is 834. The van der Waals surface area contributed by atoms with E-state index < -0.39 is 0 Å². The molecule has 0 saturated heterocycles. The highest BCUT2D eigenvalue weighted by atomic mass is 16.5.